The molecular weight excluding hydrogens is 352 g/mol. The number of nitrogens with one attached hydrogen (secondary N) is 1. The first kappa shape index (κ1) is 19.1. The number of fused-ring (bicyclic) bond motifs is 3. The van der Waals surface area contributed by atoms with E-state index in [-0.39, 0.29) is 18.3 Å². The molecule has 1 amide bonds. The molecule has 2 fully saturated rings. The van der Waals surface area contributed by atoms with Crippen LogP contribution in [-0.4, -0.2) is 49.2 Å². The molecule has 0 spiro atoms. The van der Waals surface area contributed by atoms with Gasteiger partial charge in [-0.2, -0.15) is 0 Å². The molecule has 142 valence electrons. The Morgan fingerprint density at radius 2 is 2.04 bits per heavy atom. The molecule has 6 heteroatoms. The van der Waals surface area contributed by atoms with Crippen molar-refractivity contribution in [2.75, 3.05) is 20.3 Å². The van der Waals surface area contributed by atoms with Crippen LogP contribution in [0.5, 0.6) is 11.5 Å². The van der Waals surface area contributed by atoms with Gasteiger partial charge in [-0.25, -0.2) is 0 Å². The molecule has 0 aromatic heterocycles. The van der Waals surface area contributed by atoms with Gasteiger partial charge in [0.05, 0.1) is 12.2 Å². The van der Waals surface area contributed by atoms with Gasteiger partial charge in [0.2, 0.25) is 0 Å². The maximum Gasteiger partial charge on any atom is 0.253 e. The highest BCUT2D eigenvalue weighted by Crippen LogP contribution is 2.36. The van der Waals surface area contributed by atoms with Crippen molar-refractivity contribution in [3.63, 3.8) is 0 Å². The molecule has 5 nitrogen and oxygen atoms in total. The van der Waals surface area contributed by atoms with Gasteiger partial charge in [0.15, 0.2) is 11.5 Å². The van der Waals surface area contributed by atoms with Crippen LogP contribution in [0, 0.1) is 0 Å². The molecule has 1 aromatic rings. The first-order valence-electron chi connectivity index (χ1n) is 9.28. The fourth-order valence-electron chi connectivity index (χ4n) is 4.31. The van der Waals surface area contributed by atoms with Gasteiger partial charge in [-0.15, -0.1) is 12.4 Å². The minimum absolute atomic E-state index is 0. The SMILES string of the molecule is CCOc1cccc2c1OCC(C(=O)N(C)C1CC3CCC(C1)N3)=C2.Cl. The molecule has 3 aliphatic heterocycles. The summed E-state index contributed by atoms with van der Waals surface area (Å²) in [4.78, 5) is 14.9. The third-order valence-electron chi connectivity index (χ3n) is 5.60. The third kappa shape index (κ3) is 3.55. The third-order valence-corrected chi connectivity index (χ3v) is 5.60. The van der Waals surface area contributed by atoms with E-state index in [1.54, 1.807) is 0 Å². The van der Waals surface area contributed by atoms with Crippen LogP contribution >= 0.6 is 12.4 Å². The van der Waals surface area contributed by atoms with Crippen LogP contribution in [0.25, 0.3) is 6.08 Å². The second-order valence-corrected chi connectivity index (χ2v) is 7.24. The smallest absolute Gasteiger partial charge is 0.253 e. The molecule has 0 radical (unpaired) electrons. The number of amides is 1. The number of benzene rings is 1. The van der Waals surface area contributed by atoms with Gasteiger partial charge in [0, 0.05) is 30.7 Å². The molecule has 3 heterocycles. The van der Waals surface area contributed by atoms with Gasteiger partial charge in [0.1, 0.15) is 6.61 Å². The summed E-state index contributed by atoms with van der Waals surface area (Å²) in [6.45, 7) is 2.85. The molecule has 2 unspecified atom stereocenters. The Kier molecular flexibility index (Phi) is 5.78. The number of nitrogens with zero attached hydrogens (tertiary/aromatic N) is 1. The van der Waals surface area contributed by atoms with Crippen LogP contribution in [0.3, 0.4) is 0 Å². The van der Waals surface area contributed by atoms with Crippen LogP contribution < -0.4 is 14.8 Å². The Bertz CT molecular complexity index is 694. The van der Waals surface area contributed by atoms with E-state index in [1.165, 1.54) is 12.8 Å². The Morgan fingerprint density at radius 1 is 1.31 bits per heavy atom. The van der Waals surface area contributed by atoms with E-state index >= 15 is 0 Å². The number of ether oxygens (including phenoxy) is 2. The number of likely N-dealkylation sites (N-methyl/N-ethyl adjacent to an activating group) is 1. The van der Waals surface area contributed by atoms with Crippen molar-refractivity contribution >= 4 is 24.4 Å². The Balaban J connectivity index is 0.00000196. The largest absolute Gasteiger partial charge is 0.490 e. The van der Waals surface area contributed by atoms with Crippen LogP contribution in [0.4, 0.5) is 0 Å². The minimum atomic E-state index is 0. The lowest BCUT2D eigenvalue weighted by atomic mass is 9.97. The second kappa shape index (κ2) is 7.89. The number of rotatable bonds is 4. The van der Waals surface area contributed by atoms with Gasteiger partial charge in [0.25, 0.3) is 5.91 Å². The van der Waals surface area contributed by atoms with Crippen molar-refractivity contribution in [2.24, 2.45) is 0 Å². The first-order valence-corrected chi connectivity index (χ1v) is 9.28. The topological polar surface area (TPSA) is 50.8 Å². The van der Waals surface area contributed by atoms with Gasteiger partial charge in [-0.3, -0.25) is 4.79 Å². The highest BCUT2D eigenvalue weighted by atomic mass is 35.5. The average Bonchev–Trinajstić information content (AvgIpc) is 2.98. The summed E-state index contributed by atoms with van der Waals surface area (Å²) in [5.74, 6) is 1.56. The maximum absolute atomic E-state index is 13.0. The monoisotopic (exact) mass is 378 g/mol. The molecule has 0 saturated carbocycles. The standard InChI is InChI=1S/C20H26N2O3.ClH/c1-3-24-18-6-4-5-13-9-14(12-25-19(13)18)20(23)22(2)17-10-15-7-8-16(11-17)21-15;/h4-6,9,15-17,21H,3,7-8,10-12H2,1-2H3;1H. The average molecular weight is 379 g/mol. The quantitative estimate of drug-likeness (QED) is 0.875. The molecular formula is C20H27ClN2O3. The van der Waals surface area contributed by atoms with E-state index in [9.17, 15) is 4.79 Å². The predicted molar refractivity (Wildman–Crippen MR) is 104 cm³/mol. The highest BCUT2D eigenvalue weighted by molar-refractivity contribution is 5.99. The zero-order chi connectivity index (χ0) is 17.4. The Morgan fingerprint density at radius 3 is 2.73 bits per heavy atom. The van der Waals surface area contributed by atoms with E-state index in [4.69, 9.17) is 9.47 Å². The molecule has 1 N–H and O–H groups in total. The summed E-state index contributed by atoms with van der Waals surface area (Å²) in [7, 11) is 1.94. The van der Waals surface area contributed by atoms with Gasteiger partial charge in [-0.05, 0) is 44.7 Å². The molecule has 4 rings (SSSR count). The van der Waals surface area contributed by atoms with Crippen molar-refractivity contribution in [1.82, 2.24) is 10.2 Å². The molecule has 2 saturated heterocycles. The maximum atomic E-state index is 13.0. The predicted octanol–water partition coefficient (Wildman–Crippen LogP) is 3.02. The Labute approximate surface area is 161 Å². The molecule has 2 bridgehead atoms. The first-order chi connectivity index (χ1) is 12.2. The number of halogens is 1. The van der Waals surface area contributed by atoms with Gasteiger partial charge < -0.3 is 19.7 Å². The minimum Gasteiger partial charge on any atom is -0.490 e. The summed E-state index contributed by atoms with van der Waals surface area (Å²) in [5.41, 5.74) is 1.63. The number of carbonyl (C=O) groups excluding carboxylic acids is 1. The van der Waals surface area contributed by atoms with Crippen LogP contribution in [-0.2, 0) is 4.79 Å². The molecule has 26 heavy (non-hydrogen) atoms. The van der Waals surface area contributed by atoms with Crippen LogP contribution in [0.1, 0.15) is 38.2 Å². The van der Waals surface area contributed by atoms with E-state index in [0.717, 1.165) is 35.5 Å². The van der Waals surface area contributed by atoms with Crippen molar-refractivity contribution in [2.45, 2.75) is 50.7 Å². The Hall–Kier alpha value is -1.72. The lowest BCUT2D eigenvalue weighted by molar-refractivity contribution is -0.128. The number of piperidine rings is 1. The van der Waals surface area contributed by atoms with Gasteiger partial charge >= 0.3 is 0 Å². The highest BCUT2D eigenvalue weighted by Gasteiger charge is 2.37. The summed E-state index contributed by atoms with van der Waals surface area (Å²) >= 11 is 0. The van der Waals surface area contributed by atoms with E-state index < -0.39 is 0 Å². The molecule has 1 aromatic carbocycles. The molecule has 0 aliphatic carbocycles. The summed E-state index contributed by atoms with van der Waals surface area (Å²) in [5, 5.41) is 3.63. The summed E-state index contributed by atoms with van der Waals surface area (Å²) in [6.07, 6.45) is 6.54. The molecule has 2 atom stereocenters. The summed E-state index contributed by atoms with van der Waals surface area (Å²) < 4.78 is 11.5. The lowest BCUT2D eigenvalue weighted by Crippen LogP contribution is -2.49. The van der Waals surface area contributed by atoms with Crippen molar-refractivity contribution in [3.8, 4) is 11.5 Å². The summed E-state index contributed by atoms with van der Waals surface area (Å²) in [6, 6.07) is 7.28. The fraction of sp³-hybridized carbons (Fsp3) is 0.550. The normalized spacial score (nSPS) is 26.1. The van der Waals surface area contributed by atoms with Crippen molar-refractivity contribution in [1.29, 1.82) is 0 Å². The van der Waals surface area contributed by atoms with E-state index in [0.29, 0.717) is 31.3 Å². The van der Waals surface area contributed by atoms with Crippen molar-refractivity contribution < 1.29 is 14.3 Å². The number of hydrogen-bond acceptors (Lipinski definition) is 4. The number of para-hydroxylation sites is 1. The fourth-order valence-corrected chi connectivity index (χ4v) is 4.31. The van der Waals surface area contributed by atoms with Crippen molar-refractivity contribution in [3.05, 3.63) is 29.3 Å². The number of hydrogen-bond donors (Lipinski definition) is 1. The zero-order valence-corrected chi connectivity index (χ0v) is 16.2. The molecule has 3 aliphatic rings. The van der Waals surface area contributed by atoms with Crippen LogP contribution in [0.2, 0.25) is 0 Å². The van der Waals surface area contributed by atoms with Crippen LogP contribution in [0.15, 0.2) is 23.8 Å². The second-order valence-electron chi connectivity index (χ2n) is 7.24. The lowest BCUT2D eigenvalue weighted by Gasteiger charge is -2.36. The zero-order valence-electron chi connectivity index (χ0n) is 15.4. The van der Waals surface area contributed by atoms with E-state index in [1.807, 2.05) is 43.1 Å². The van der Waals surface area contributed by atoms with E-state index in [2.05, 4.69) is 5.32 Å². The number of carbonyl (C=O) groups is 1. The van der Waals surface area contributed by atoms with Gasteiger partial charge in [-0.1, -0.05) is 12.1 Å².